The number of ether oxygens (including phenoxy) is 1. The maximum atomic E-state index is 13.5. The first-order valence-electron chi connectivity index (χ1n) is 7.02. The number of nitrogens with one attached hydrogen (secondary N) is 1. The summed E-state index contributed by atoms with van der Waals surface area (Å²) in [4.78, 5) is 11.7. The SMILES string of the molecule is CCCC(CCO)CNC(=O)COc1ccc(Br)cc1F. The summed E-state index contributed by atoms with van der Waals surface area (Å²) in [7, 11) is 0. The lowest BCUT2D eigenvalue weighted by Gasteiger charge is -2.15. The molecule has 4 nitrogen and oxygen atoms in total. The van der Waals surface area contributed by atoms with E-state index in [9.17, 15) is 9.18 Å². The molecule has 118 valence electrons. The van der Waals surface area contributed by atoms with E-state index in [1.165, 1.54) is 12.1 Å². The van der Waals surface area contributed by atoms with Crippen molar-refractivity contribution in [2.75, 3.05) is 19.8 Å². The quantitative estimate of drug-likeness (QED) is 0.710. The molecule has 0 aliphatic carbocycles. The summed E-state index contributed by atoms with van der Waals surface area (Å²) in [5.41, 5.74) is 0. The van der Waals surface area contributed by atoms with Gasteiger partial charge < -0.3 is 15.2 Å². The highest BCUT2D eigenvalue weighted by Gasteiger charge is 2.11. The Morgan fingerprint density at radius 2 is 2.24 bits per heavy atom. The second kappa shape index (κ2) is 9.73. The van der Waals surface area contributed by atoms with Crippen molar-refractivity contribution in [3.63, 3.8) is 0 Å². The second-order valence-electron chi connectivity index (χ2n) is 4.83. The van der Waals surface area contributed by atoms with Crippen molar-refractivity contribution in [3.8, 4) is 5.75 Å². The third kappa shape index (κ3) is 6.91. The van der Waals surface area contributed by atoms with E-state index in [0.717, 1.165) is 12.8 Å². The maximum absolute atomic E-state index is 13.5. The smallest absolute Gasteiger partial charge is 0.257 e. The number of amides is 1. The zero-order valence-corrected chi connectivity index (χ0v) is 13.7. The Morgan fingerprint density at radius 3 is 2.86 bits per heavy atom. The number of benzene rings is 1. The average molecular weight is 362 g/mol. The Balaban J connectivity index is 2.36. The highest BCUT2D eigenvalue weighted by atomic mass is 79.9. The number of carbonyl (C=O) groups excluding carboxylic acids is 1. The van der Waals surface area contributed by atoms with Crippen LogP contribution in [0, 0.1) is 11.7 Å². The van der Waals surface area contributed by atoms with Gasteiger partial charge >= 0.3 is 0 Å². The molecular weight excluding hydrogens is 341 g/mol. The normalized spacial score (nSPS) is 12.0. The first-order chi connectivity index (χ1) is 10.1. The molecule has 0 fully saturated rings. The molecule has 1 atom stereocenters. The number of hydrogen-bond donors (Lipinski definition) is 2. The Kier molecular flexibility index (Phi) is 8.30. The van der Waals surface area contributed by atoms with E-state index in [1.54, 1.807) is 6.07 Å². The second-order valence-corrected chi connectivity index (χ2v) is 5.75. The van der Waals surface area contributed by atoms with Crippen molar-refractivity contribution < 1.29 is 19.0 Å². The largest absolute Gasteiger partial charge is 0.481 e. The van der Waals surface area contributed by atoms with Crippen LogP contribution >= 0.6 is 15.9 Å². The zero-order chi connectivity index (χ0) is 15.7. The molecule has 2 N–H and O–H groups in total. The van der Waals surface area contributed by atoms with E-state index in [0.29, 0.717) is 17.4 Å². The molecule has 0 spiro atoms. The molecule has 0 heterocycles. The molecule has 21 heavy (non-hydrogen) atoms. The molecule has 0 aromatic heterocycles. The summed E-state index contributed by atoms with van der Waals surface area (Å²) in [6, 6.07) is 4.40. The Bertz CT molecular complexity index is 451. The molecule has 1 unspecified atom stereocenters. The van der Waals surface area contributed by atoms with E-state index in [1.807, 2.05) is 0 Å². The van der Waals surface area contributed by atoms with Crippen molar-refractivity contribution in [1.82, 2.24) is 5.32 Å². The first kappa shape index (κ1) is 17.9. The molecule has 0 saturated heterocycles. The van der Waals surface area contributed by atoms with Gasteiger partial charge in [0.25, 0.3) is 5.91 Å². The summed E-state index contributed by atoms with van der Waals surface area (Å²) in [5, 5.41) is 11.7. The highest BCUT2D eigenvalue weighted by Crippen LogP contribution is 2.21. The number of carbonyl (C=O) groups is 1. The topological polar surface area (TPSA) is 58.6 Å². The lowest BCUT2D eigenvalue weighted by atomic mass is 10.0. The van der Waals surface area contributed by atoms with Gasteiger partial charge in [0.05, 0.1) is 0 Å². The fourth-order valence-electron chi connectivity index (χ4n) is 1.98. The van der Waals surface area contributed by atoms with Gasteiger partial charge in [-0.2, -0.15) is 0 Å². The molecule has 1 amide bonds. The third-order valence-electron chi connectivity index (χ3n) is 3.07. The minimum Gasteiger partial charge on any atom is -0.481 e. The van der Waals surface area contributed by atoms with Gasteiger partial charge in [-0.1, -0.05) is 29.3 Å². The molecule has 0 saturated carbocycles. The van der Waals surface area contributed by atoms with Gasteiger partial charge in [-0.15, -0.1) is 0 Å². The Labute approximate surface area is 132 Å². The van der Waals surface area contributed by atoms with Crippen LogP contribution < -0.4 is 10.1 Å². The van der Waals surface area contributed by atoms with Gasteiger partial charge in [0, 0.05) is 17.6 Å². The Morgan fingerprint density at radius 1 is 1.48 bits per heavy atom. The van der Waals surface area contributed by atoms with Gasteiger partial charge in [0.15, 0.2) is 18.2 Å². The van der Waals surface area contributed by atoms with Gasteiger partial charge in [0.1, 0.15) is 0 Å². The molecule has 1 rings (SSSR count). The molecular formula is C15H21BrFNO3. The highest BCUT2D eigenvalue weighted by molar-refractivity contribution is 9.10. The summed E-state index contributed by atoms with van der Waals surface area (Å²) in [5.74, 6) is -0.500. The van der Waals surface area contributed by atoms with Crippen LogP contribution in [-0.2, 0) is 4.79 Å². The average Bonchev–Trinajstić information content (AvgIpc) is 2.44. The van der Waals surface area contributed by atoms with Crippen LogP contribution in [0.3, 0.4) is 0 Å². The number of halogens is 2. The van der Waals surface area contributed by atoms with Gasteiger partial charge in [0.2, 0.25) is 0 Å². The number of hydrogen-bond acceptors (Lipinski definition) is 3. The predicted octanol–water partition coefficient (Wildman–Crippen LogP) is 2.88. The van der Waals surface area contributed by atoms with E-state index in [2.05, 4.69) is 28.2 Å². The standard InChI is InChI=1S/C15H21BrFNO3/c1-2-3-11(6-7-19)9-18-15(20)10-21-14-5-4-12(16)8-13(14)17/h4-5,8,11,19H,2-3,6-7,9-10H2,1H3,(H,18,20). The van der Waals surface area contributed by atoms with Gasteiger partial charge in [-0.05, 0) is 37.0 Å². The lowest BCUT2D eigenvalue weighted by molar-refractivity contribution is -0.123. The monoisotopic (exact) mass is 361 g/mol. The van der Waals surface area contributed by atoms with Crippen molar-refractivity contribution in [2.45, 2.75) is 26.2 Å². The van der Waals surface area contributed by atoms with Crippen LogP contribution in [0.2, 0.25) is 0 Å². The first-order valence-corrected chi connectivity index (χ1v) is 7.81. The zero-order valence-electron chi connectivity index (χ0n) is 12.1. The van der Waals surface area contributed by atoms with Crippen molar-refractivity contribution >= 4 is 21.8 Å². The number of aliphatic hydroxyl groups is 1. The maximum Gasteiger partial charge on any atom is 0.257 e. The van der Waals surface area contributed by atoms with Crippen LogP contribution in [0.1, 0.15) is 26.2 Å². The summed E-state index contributed by atoms with van der Waals surface area (Å²) in [6.45, 7) is 2.45. The van der Waals surface area contributed by atoms with Crippen LogP contribution in [0.5, 0.6) is 5.75 Å². The molecule has 0 aliphatic rings. The van der Waals surface area contributed by atoms with Crippen molar-refractivity contribution in [1.29, 1.82) is 0 Å². The lowest BCUT2D eigenvalue weighted by Crippen LogP contribution is -2.33. The Hall–Kier alpha value is -1.14. The van der Waals surface area contributed by atoms with E-state index in [-0.39, 0.29) is 30.8 Å². The fourth-order valence-corrected chi connectivity index (χ4v) is 2.32. The summed E-state index contributed by atoms with van der Waals surface area (Å²) in [6.07, 6.45) is 2.61. The van der Waals surface area contributed by atoms with Crippen LogP contribution in [0.15, 0.2) is 22.7 Å². The van der Waals surface area contributed by atoms with Crippen LogP contribution in [-0.4, -0.2) is 30.8 Å². The summed E-state index contributed by atoms with van der Waals surface area (Å²) >= 11 is 3.15. The van der Waals surface area contributed by atoms with Gasteiger partial charge in [-0.25, -0.2) is 4.39 Å². The summed E-state index contributed by atoms with van der Waals surface area (Å²) < 4.78 is 19.3. The molecule has 0 bridgehead atoms. The van der Waals surface area contributed by atoms with Crippen LogP contribution in [0.4, 0.5) is 4.39 Å². The molecule has 1 aromatic carbocycles. The van der Waals surface area contributed by atoms with Crippen molar-refractivity contribution in [3.05, 3.63) is 28.5 Å². The molecule has 0 aliphatic heterocycles. The number of rotatable bonds is 9. The third-order valence-corrected chi connectivity index (χ3v) is 3.57. The van der Waals surface area contributed by atoms with E-state index < -0.39 is 5.82 Å². The van der Waals surface area contributed by atoms with Crippen molar-refractivity contribution in [2.24, 2.45) is 5.92 Å². The molecule has 1 aromatic rings. The number of aliphatic hydroxyl groups excluding tert-OH is 1. The minimum absolute atomic E-state index is 0.0498. The van der Waals surface area contributed by atoms with E-state index in [4.69, 9.17) is 9.84 Å². The minimum atomic E-state index is -0.513. The van der Waals surface area contributed by atoms with Crippen LogP contribution in [0.25, 0.3) is 0 Å². The molecule has 0 radical (unpaired) electrons. The van der Waals surface area contributed by atoms with Gasteiger partial charge in [-0.3, -0.25) is 4.79 Å². The van der Waals surface area contributed by atoms with E-state index >= 15 is 0 Å². The predicted molar refractivity (Wildman–Crippen MR) is 82.7 cm³/mol. The molecule has 6 heteroatoms. The fraction of sp³-hybridized carbons (Fsp3) is 0.533.